The van der Waals surface area contributed by atoms with Gasteiger partial charge in [-0.2, -0.15) is 0 Å². The number of carbonyl (C=O) groups is 4. The second-order valence-electron chi connectivity index (χ2n) is 17.5. The van der Waals surface area contributed by atoms with Gasteiger partial charge < -0.3 is 54.1 Å². The number of ether oxygens (including phenoxy) is 5. The molecule has 4 amide bonds. The Morgan fingerprint density at radius 1 is 0.785 bits per heavy atom. The molecule has 0 radical (unpaired) electrons. The summed E-state index contributed by atoms with van der Waals surface area (Å²) in [5.74, 6) is 2.26. The number of amides is 4. The van der Waals surface area contributed by atoms with E-state index in [-0.39, 0.29) is 35.7 Å². The molecule has 0 unspecified atom stereocenters. The Morgan fingerprint density at radius 2 is 1.37 bits per heavy atom. The van der Waals surface area contributed by atoms with Crippen LogP contribution in [0.4, 0.5) is 9.59 Å². The minimum absolute atomic E-state index is 0.0378. The molecule has 340 valence electrons. The summed E-state index contributed by atoms with van der Waals surface area (Å²) in [5, 5.41) is 5.46. The van der Waals surface area contributed by atoms with Gasteiger partial charge in [0.1, 0.15) is 48.4 Å². The van der Waals surface area contributed by atoms with Gasteiger partial charge in [0.05, 0.1) is 56.7 Å². The Balaban J connectivity index is 0.962. The van der Waals surface area contributed by atoms with E-state index in [0.717, 1.165) is 69.1 Å². The molecule has 6 heterocycles. The number of rotatable bonds is 12. The van der Waals surface area contributed by atoms with E-state index in [2.05, 4.69) is 32.7 Å². The monoisotopic (exact) mass is 886 g/mol. The van der Waals surface area contributed by atoms with Crippen molar-refractivity contribution in [2.45, 2.75) is 83.5 Å². The lowest BCUT2D eigenvalue weighted by molar-refractivity contribution is -0.137. The molecular weight excluding hydrogens is 833 g/mol. The number of hydrogen-bond donors (Lipinski definition) is 4. The summed E-state index contributed by atoms with van der Waals surface area (Å²) in [4.78, 5) is 73.1. The maximum Gasteiger partial charge on any atom is 0.407 e. The zero-order valence-corrected chi connectivity index (χ0v) is 37.3. The number of likely N-dealkylation sites (tertiary alicyclic amines) is 2. The summed E-state index contributed by atoms with van der Waals surface area (Å²) < 4.78 is 28.2. The van der Waals surface area contributed by atoms with Crippen LogP contribution < -0.4 is 20.1 Å². The lowest BCUT2D eigenvalue weighted by Gasteiger charge is -2.33. The van der Waals surface area contributed by atoms with Crippen molar-refractivity contribution in [2.75, 3.05) is 34.5 Å². The topological polar surface area (TPSA) is 202 Å². The molecule has 0 bridgehead atoms. The Bertz CT molecular complexity index is 2560. The van der Waals surface area contributed by atoms with Crippen LogP contribution in [0.15, 0.2) is 67.0 Å². The van der Waals surface area contributed by atoms with Crippen LogP contribution in [0, 0.1) is 11.8 Å². The molecule has 4 N–H and O–H groups in total. The number of nitrogens with one attached hydrogen (secondary N) is 4. The lowest BCUT2D eigenvalue weighted by Crippen LogP contribution is -2.52. The van der Waals surface area contributed by atoms with Gasteiger partial charge in [0.25, 0.3) is 5.91 Å². The van der Waals surface area contributed by atoms with E-state index in [1.807, 2.05) is 56.0 Å². The first kappa shape index (κ1) is 43.4. The van der Waals surface area contributed by atoms with Crippen molar-refractivity contribution < 1.29 is 42.9 Å². The molecule has 2 fully saturated rings. The number of imidazole rings is 2. The van der Waals surface area contributed by atoms with Gasteiger partial charge >= 0.3 is 12.2 Å². The third-order valence-electron chi connectivity index (χ3n) is 13.0. The number of benzene rings is 3. The molecule has 4 aliphatic rings. The molecule has 9 rings (SSSR count). The third-order valence-corrected chi connectivity index (χ3v) is 13.0. The first-order valence-electron chi connectivity index (χ1n) is 22.0. The molecule has 2 saturated heterocycles. The van der Waals surface area contributed by atoms with Crippen molar-refractivity contribution in [3.8, 4) is 45.1 Å². The van der Waals surface area contributed by atoms with Crippen LogP contribution in [0.5, 0.6) is 11.5 Å². The van der Waals surface area contributed by atoms with E-state index >= 15 is 0 Å². The van der Waals surface area contributed by atoms with Crippen LogP contribution in [0.25, 0.3) is 33.6 Å². The van der Waals surface area contributed by atoms with E-state index in [9.17, 15) is 19.2 Å². The highest BCUT2D eigenvalue weighted by Crippen LogP contribution is 2.51. The number of alkyl carbamates (subject to hydrolysis) is 2. The first-order valence-corrected chi connectivity index (χ1v) is 22.0. The minimum Gasteiger partial charge on any atom is -0.488 e. The fourth-order valence-electron chi connectivity index (χ4n) is 9.84. The Morgan fingerprint density at radius 3 is 1.94 bits per heavy atom. The minimum atomic E-state index is -0.959. The molecule has 17 heteroatoms. The number of nitrogens with zero attached hydrogens (tertiary/aromatic N) is 4. The summed E-state index contributed by atoms with van der Waals surface area (Å²) in [6.45, 7) is 7.34. The first-order chi connectivity index (χ1) is 31.5. The lowest BCUT2D eigenvalue weighted by atomic mass is 9.87. The number of aromatic amines is 2. The van der Waals surface area contributed by atoms with Crippen molar-refractivity contribution >= 4 is 24.0 Å². The molecule has 17 nitrogen and oxygen atoms in total. The molecule has 0 saturated carbocycles. The number of hydrogen-bond acceptors (Lipinski definition) is 11. The molecule has 3 aromatic carbocycles. The fourth-order valence-corrected chi connectivity index (χ4v) is 9.84. The Labute approximate surface area is 376 Å². The predicted octanol–water partition coefficient (Wildman–Crippen LogP) is 6.98. The number of H-pyrrole nitrogens is 2. The molecule has 0 spiro atoms. The summed E-state index contributed by atoms with van der Waals surface area (Å²) >= 11 is 0. The maximum atomic E-state index is 14.3. The van der Waals surface area contributed by atoms with E-state index in [1.54, 1.807) is 36.5 Å². The van der Waals surface area contributed by atoms with Crippen LogP contribution in [-0.4, -0.2) is 100 Å². The molecule has 0 aliphatic carbocycles. The second-order valence-corrected chi connectivity index (χ2v) is 17.5. The predicted molar refractivity (Wildman–Crippen MR) is 237 cm³/mol. The van der Waals surface area contributed by atoms with E-state index in [0.29, 0.717) is 50.0 Å². The summed E-state index contributed by atoms with van der Waals surface area (Å²) in [5.41, 5.74) is 7.86. The van der Waals surface area contributed by atoms with Crippen molar-refractivity contribution in [1.29, 1.82) is 0 Å². The van der Waals surface area contributed by atoms with Crippen LogP contribution >= 0.6 is 0 Å². The highest BCUT2D eigenvalue weighted by Gasteiger charge is 2.43. The largest absolute Gasteiger partial charge is 0.488 e. The van der Waals surface area contributed by atoms with Crippen LogP contribution in [0.1, 0.15) is 86.5 Å². The van der Waals surface area contributed by atoms with Crippen molar-refractivity contribution in [1.82, 2.24) is 40.4 Å². The van der Waals surface area contributed by atoms with Crippen LogP contribution in [0.2, 0.25) is 0 Å². The molecule has 6 atom stereocenters. The number of methoxy groups -OCH3 is 3. The number of aromatic nitrogens is 4. The van der Waals surface area contributed by atoms with Gasteiger partial charge in [-0.3, -0.25) is 9.59 Å². The second kappa shape index (κ2) is 17.9. The summed E-state index contributed by atoms with van der Waals surface area (Å²) in [6, 6.07) is 14.9. The summed E-state index contributed by atoms with van der Waals surface area (Å²) in [7, 11) is 4.21. The van der Waals surface area contributed by atoms with Gasteiger partial charge in [0, 0.05) is 59.0 Å². The van der Waals surface area contributed by atoms with Crippen LogP contribution in [-0.2, 0) is 37.0 Å². The fraction of sp³-hybridized carbons (Fsp3) is 0.417. The van der Waals surface area contributed by atoms with Gasteiger partial charge in [0.15, 0.2) is 0 Å². The van der Waals surface area contributed by atoms with Gasteiger partial charge in [0.2, 0.25) is 5.91 Å². The third kappa shape index (κ3) is 8.24. The van der Waals surface area contributed by atoms with E-state index in [1.165, 1.54) is 14.2 Å². The van der Waals surface area contributed by atoms with Gasteiger partial charge in [-0.25, -0.2) is 19.6 Å². The molecule has 65 heavy (non-hydrogen) atoms. The highest BCUT2D eigenvalue weighted by molar-refractivity contribution is 5.90. The van der Waals surface area contributed by atoms with Gasteiger partial charge in [-0.05, 0) is 61.9 Å². The van der Waals surface area contributed by atoms with E-state index < -0.39 is 30.3 Å². The smallest absolute Gasteiger partial charge is 0.407 e. The highest BCUT2D eigenvalue weighted by atomic mass is 16.5. The number of carbonyl (C=O) groups excluding carboxylic acids is 4. The van der Waals surface area contributed by atoms with Gasteiger partial charge in [-0.15, -0.1) is 0 Å². The van der Waals surface area contributed by atoms with Crippen molar-refractivity contribution in [2.24, 2.45) is 11.8 Å². The zero-order valence-electron chi connectivity index (χ0n) is 37.3. The standard InChI is InChI=1S/C48H54N8O9/c1-25(2)41(53-47(59)62-5)46(58)56-26(3)12-13-35(56)43-49-19-33(51-43)29-15-31-23-65-38-18-30(16-32-24-64-37(17-29)39(31)40(32)38)34-20-50-44(52-34)36-14-27(22-61-4)21-55(36)45(57)42(54-48(60)63-6)28-10-8-7-9-11-28/h7-11,15-20,25-27,35-36,41-42H,12-14,21-24H2,1-6H3,(H,49,51)(H,50,52)(H,53,59)(H,54,60)/t26-,27-,35-,36-,41-,42+/m0/s1. The molecule has 2 aromatic heterocycles. The quantitative estimate of drug-likeness (QED) is 0.101. The molecular formula is C48H54N8O9. The maximum absolute atomic E-state index is 14.3. The average molecular weight is 887 g/mol. The molecule has 4 aliphatic heterocycles. The molecule has 5 aromatic rings. The van der Waals surface area contributed by atoms with Crippen LogP contribution in [0.3, 0.4) is 0 Å². The zero-order chi connectivity index (χ0) is 45.5. The normalized spacial score (nSPS) is 20.4. The Hall–Kier alpha value is -6.88. The SMILES string of the molecule is COC[C@H]1C[C@@H](c2ncc(-c3cc4c5c(c3)OCc3cc(-c6cnc([C@@H]7CC[C@H](C)N7C(=O)[C@@H](NC(=O)OC)C(C)C)[nH]6)cc(c3-5)OC4)[nH]2)N(C(=O)[C@H](NC(=O)OC)c2ccccc2)C1. The van der Waals surface area contributed by atoms with E-state index in [4.69, 9.17) is 33.7 Å². The van der Waals surface area contributed by atoms with Crippen molar-refractivity contribution in [3.63, 3.8) is 0 Å². The average Bonchev–Trinajstić information content (AvgIpc) is 4.16. The van der Waals surface area contributed by atoms with Gasteiger partial charge in [-0.1, -0.05) is 44.2 Å². The Kier molecular flexibility index (Phi) is 12.0. The van der Waals surface area contributed by atoms with Crippen molar-refractivity contribution in [3.05, 3.63) is 95.3 Å². The summed E-state index contributed by atoms with van der Waals surface area (Å²) in [6.07, 6.45) is 4.37.